The molecule has 0 bridgehead atoms. The number of H-pyrrole nitrogens is 1. The van der Waals surface area contributed by atoms with Crippen LogP contribution in [0, 0.1) is 12.3 Å². The van der Waals surface area contributed by atoms with E-state index in [2.05, 4.69) is 4.98 Å². The third-order valence-electron chi connectivity index (χ3n) is 1.70. The van der Waals surface area contributed by atoms with Gasteiger partial charge in [0.1, 0.15) is 0 Å². The van der Waals surface area contributed by atoms with Crippen LogP contribution in [-0.4, -0.2) is 17.6 Å². The first-order valence-electron chi connectivity index (χ1n) is 4.71. The van der Waals surface area contributed by atoms with Gasteiger partial charge in [-0.1, -0.05) is 20.8 Å². The highest BCUT2D eigenvalue weighted by Gasteiger charge is 2.15. The topological polar surface area (TPSA) is 42.1 Å². The summed E-state index contributed by atoms with van der Waals surface area (Å²) in [6.45, 7) is 8.44. The minimum absolute atomic E-state index is 0.0149. The van der Waals surface area contributed by atoms with E-state index < -0.39 is 0 Å². The van der Waals surface area contributed by atoms with Crippen LogP contribution in [0.25, 0.3) is 0 Å². The molecule has 0 aliphatic heterocycles. The molecule has 14 heavy (non-hydrogen) atoms. The van der Waals surface area contributed by atoms with Gasteiger partial charge in [-0.3, -0.25) is 0 Å². The van der Waals surface area contributed by atoms with E-state index in [1.807, 2.05) is 27.7 Å². The van der Waals surface area contributed by atoms with Crippen LogP contribution in [0.4, 0.5) is 0 Å². The molecule has 0 fully saturated rings. The zero-order chi connectivity index (χ0) is 10.8. The first kappa shape index (κ1) is 10.8. The first-order valence-corrected chi connectivity index (χ1v) is 4.71. The molecule has 3 nitrogen and oxygen atoms in total. The SMILES string of the molecule is Cc1cc(C(=O)OCC(C)(C)C)c[nH]1. The maximum atomic E-state index is 11.5. The molecule has 0 aromatic carbocycles. The second kappa shape index (κ2) is 3.86. The number of ether oxygens (including phenoxy) is 1. The molecule has 0 unspecified atom stereocenters. The maximum Gasteiger partial charge on any atom is 0.339 e. The Morgan fingerprint density at radius 2 is 2.14 bits per heavy atom. The van der Waals surface area contributed by atoms with Crippen molar-refractivity contribution < 1.29 is 9.53 Å². The van der Waals surface area contributed by atoms with Crippen molar-refractivity contribution in [2.24, 2.45) is 5.41 Å². The molecule has 1 aromatic heterocycles. The average molecular weight is 195 g/mol. The number of carbonyl (C=O) groups excluding carboxylic acids is 1. The molecule has 1 rings (SSSR count). The zero-order valence-electron chi connectivity index (χ0n) is 9.18. The van der Waals surface area contributed by atoms with Crippen LogP contribution in [0.5, 0.6) is 0 Å². The van der Waals surface area contributed by atoms with Gasteiger partial charge in [0.25, 0.3) is 0 Å². The van der Waals surface area contributed by atoms with Crippen molar-refractivity contribution in [3.63, 3.8) is 0 Å². The molecule has 0 aliphatic carbocycles. The number of hydrogen-bond acceptors (Lipinski definition) is 2. The van der Waals surface area contributed by atoms with Gasteiger partial charge in [0.15, 0.2) is 0 Å². The summed E-state index contributed by atoms with van der Waals surface area (Å²) in [6, 6.07) is 1.78. The van der Waals surface area contributed by atoms with Crippen molar-refractivity contribution in [3.8, 4) is 0 Å². The summed E-state index contributed by atoms with van der Waals surface area (Å²) < 4.78 is 5.15. The Bertz CT molecular complexity index is 320. The molecule has 1 N–H and O–H groups in total. The van der Waals surface area contributed by atoms with E-state index in [0.717, 1.165) is 5.69 Å². The summed E-state index contributed by atoms with van der Waals surface area (Å²) in [5.74, 6) is -0.260. The Kier molecular flexibility index (Phi) is 2.99. The highest BCUT2D eigenvalue weighted by atomic mass is 16.5. The van der Waals surface area contributed by atoms with Crippen molar-refractivity contribution in [1.82, 2.24) is 4.98 Å². The van der Waals surface area contributed by atoms with Gasteiger partial charge in [-0.25, -0.2) is 4.79 Å². The molecule has 0 radical (unpaired) electrons. The Morgan fingerprint density at radius 3 is 2.57 bits per heavy atom. The van der Waals surface area contributed by atoms with Crippen molar-refractivity contribution in [2.45, 2.75) is 27.7 Å². The highest BCUT2D eigenvalue weighted by Crippen LogP contribution is 2.14. The smallest absolute Gasteiger partial charge is 0.339 e. The molecular weight excluding hydrogens is 178 g/mol. The molecule has 1 heterocycles. The van der Waals surface area contributed by atoms with Crippen LogP contribution in [-0.2, 0) is 4.74 Å². The van der Waals surface area contributed by atoms with E-state index in [-0.39, 0.29) is 11.4 Å². The van der Waals surface area contributed by atoms with Crippen LogP contribution >= 0.6 is 0 Å². The van der Waals surface area contributed by atoms with Crippen LogP contribution in [0.15, 0.2) is 12.3 Å². The molecule has 0 amide bonds. The van der Waals surface area contributed by atoms with Gasteiger partial charge in [0.2, 0.25) is 0 Å². The lowest BCUT2D eigenvalue weighted by Gasteiger charge is -2.17. The van der Waals surface area contributed by atoms with E-state index >= 15 is 0 Å². The van der Waals surface area contributed by atoms with Crippen molar-refractivity contribution >= 4 is 5.97 Å². The lowest BCUT2D eigenvalue weighted by molar-refractivity contribution is 0.0367. The third kappa shape index (κ3) is 3.24. The van der Waals surface area contributed by atoms with Crippen LogP contribution < -0.4 is 0 Å². The third-order valence-corrected chi connectivity index (χ3v) is 1.70. The molecule has 1 aromatic rings. The Labute approximate surface area is 84.5 Å². The Hall–Kier alpha value is -1.25. The van der Waals surface area contributed by atoms with E-state index in [4.69, 9.17) is 4.74 Å². The lowest BCUT2D eigenvalue weighted by Crippen LogP contribution is -2.18. The predicted octanol–water partition coefficient (Wildman–Crippen LogP) is 2.53. The quantitative estimate of drug-likeness (QED) is 0.737. The van der Waals surface area contributed by atoms with Gasteiger partial charge >= 0.3 is 5.97 Å². The Morgan fingerprint density at radius 1 is 1.50 bits per heavy atom. The Balaban J connectivity index is 2.52. The van der Waals surface area contributed by atoms with E-state index in [1.165, 1.54) is 0 Å². The molecule has 0 atom stereocenters. The minimum Gasteiger partial charge on any atom is -0.461 e. The zero-order valence-corrected chi connectivity index (χ0v) is 9.18. The summed E-state index contributed by atoms with van der Waals surface area (Å²) in [4.78, 5) is 14.4. The highest BCUT2D eigenvalue weighted by molar-refractivity contribution is 5.89. The number of esters is 1. The average Bonchev–Trinajstić information content (AvgIpc) is 2.46. The van der Waals surface area contributed by atoms with Crippen LogP contribution in [0.2, 0.25) is 0 Å². The second-order valence-electron chi connectivity index (χ2n) is 4.71. The van der Waals surface area contributed by atoms with Gasteiger partial charge < -0.3 is 9.72 Å². The largest absolute Gasteiger partial charge is 0.461 e. The van der Waals surface area contributed by atoms with Crippen molar-refractivity contribution in [3.05, 3.63) is 23.5 Å². The number of aryl methyl sites for hydroxylation is 1. The summed E-state index contributed by atoms with van der Waals surface area (Å²) in [5, 5.41) is 0. The predicted molar refractivity (Wildman–Crippen MR) is 55.3 cm³/mol. The van der Waals surface area contributed by atoms with Gasteiger partial charge in [0.05, 0.1) is 12.2 Å². The van der Waals surface area contributed by atoms with Gasteiger partial charge in [-0.2, -0.15) is 0 Å². The molecule has 0 saturated heterocycles. The van der Waals surface area contributed by atoms with Crippen molar-refractivity contribution in [1.29, 1.82) is 0 Å². The fraction of sp³-hybridized carbons (Fsp3) is 0.545. The number of nitrogens with one attached hydrogen (secondary N) is 1. The van der Waals surface area contributed by atoms with Gasteiger partial charge in [-0.15, -0.1) is 0 Å². The summed E-state index contributed by atoms with van der Waals surface area (Å²) in [6.07, 6.45) is 1.67. The molecular formula is C11H17NO2. The van der Waals surface area contributed by atoms with Gasteiger partial charge in [0, 0.05) is 11.9 Å². The van der Waals surface area contributed by atoms with E-state index in [1.54, 1.807) is 12.3 Å². The minimum atomic E-state index is -0.260. The fourth-order valence-corrected chi connectivity index (χ4v) is 0.991. The summed E-state index contributed by atoms with van der Waals surface area (Å²) in [7, 11) is 0. The monoisotopic (exact) mass is 195 g/mol. The number of rotatable bonds is 2. The first-order chi connectivity index (χ1) is 6.38. The molecule has 0 saturated carbocycles. The molecule has 0 spiro atoms. The number of aromatic amines is 1. The number of hydrogen-bond donors (Lipinski definition) is 1. The number of carbonyl (C=O) groups is 1. The second-order valence-corrected chi connectivity index (χ2v) is 4.71. The molecule has 3 heteroatoms. The number of aromatic nitrogens is 1. The molecule has 0 aliphatic rings. The summed E-state index contributed by atoms with van der Waals surface area (Å²) in [5.41, 5.74) is 1.57. The van der Waals surface area contributed by atoms with E-state index in [9.17, 15) is 4.79 Å². The van der Waals surface area contributed by atoms with Crippen molar-refractivity contribution in [2.75, 3.05) is 6.61 Å². The standard InChI is InChI=1S/C11H17NO2/c1-8-5-9(6-12-8)10(13)14-7-11(2,3)4/h5-6,12H,7H2,1-4H3. The normalized spacial score (nSPS) is 11.4. The fourth-order valence-electron chi connectivity index (χ4n) is 0.991. The lowest BCUT2D eigenvalue weighted by atomic mass is 9.99. The summed E-state index contributed by atoms with van der Waals surface area (Å²) >= 11 is 0. The van der Waals surface area contributed by atoms with Crippen LogP contribution in [0.1, 0.15) is 36.8 Å². The molecule has 78 valence electrons. The van der Waals surface area contributed by atoms with E-state index in [0.29, 0.717) is 12.2 Å². The van der Waals surface area contributed by atoms with Gasteiger partial charge in [-0.05, 0) is 18.4 Å². The van der Waals surface area contributed by atoms with Crippen LogP contribution in [0.3, 0.4) is 0 Å². The maximum absolute atomic E-state index is 11.5.